The Kier molecular flexibility index (Phi) is 5.70. The maximum Gasteiger partial charge on any atom is 0.320 e. The van der Waals surface area contributed by atoms with Gasteiger partial charge in [-0.2, -0.15) is 0 Å². The zero-order chi connectivity index (χ0) is 14.5. The van der Waals surface area contributed by atoms with Crippen LogP contribution in [-0.4, -0.2) is 52.7 Å². The fraction of sp³-hybridized carbons (Fsp3) is 0.938. The molecule has 0 aromatic carbocycles. The highest BCUT2D eigenvalue weighted by atomic mass is 16.3. The zero-order valence-electron chi connectivity index (χ0n) is 13.1. The lowest BCUT2D eigenvalue weighted by molar-refractivity contribution is 0.0924. The highest BCUT2D eigenvalue weighted by Gasteiger charge is 2.31. The number of piperidine rings is 1. The SMILES string of the molecule is CC(O)CC1CCCCCN1C(=O)N1CCCC(C)C1. The van der Waals surface area contributed by atoms with Crippen molar-refractivity contribution < 1.29 is 9.90 Å². The van der Waals surface area contributed by atoms with Gasteiger partial charge in [0.2, 0.25) is 0 Å². The topological polar surface area (TPSA) is 43.8 Å². The molecule has 2 aliphatic heterocycles. The van der Waals surface area contributed by atoms with Gasteiger partial charge in [-0.1, -0.05) is 19.8 Å². The quantitative estimate of drug-likeness (QED) is 0.846. The standard InChI is InChI=1S/C16H30N2O2/c1-13-7-6-9-17(12-13)16(20)18-10-5-3-4-8-15(18)11-14(2)19/h13-15,19H,3-12H2,1-2H3. The van der Waals surface area contributed by atoms with Crippen LogP contribution in [0, 0.1) is 5.92 Å². The van der Waals surface area contributed by atoms with Crippen molar-refractivity contribution in [2.45, 2.75) is 70.9 Å². The van der Waals surface area contributed by atoms with Crippen molar-refractivity contribution in [3.05, 3.63) is 0 Å². The average Bonchev–Trinajstić information content (AvgIpc) is 2.63. The molecule has 116 valence electrons. The second-order valence-corrected chi connectivity index (χ2v) is 6.76. The zero-order valence-corrected chi connectivity index (χ0v) is 13.1. The Bertz CT molecular complexity index is 320. The van der Waals surface area contributed by atoms with Crippen LogP contribution in [0.2, 0.25) is 0 Å². The number of aliphatic hydroxyl groups excluding tert-OH is 1. The lowest BCUT2D eigenvalue weighted by Crippen LogP contribution is -2.51. The first-order valence-electron chi connectivity index (χ1n) is 8.31. The van der Waals surface area contributed by atoms with Crippen LogP contribution < -0.4 is 0 Å². The molecule has 0 aromatic heterocycles. The minimum atomic E-state index is -0.325. The van der Waals surface area contributed by atoms with E-state index < -0.39 is 0 Å². The maximum absolute atomic E-state index is 12.8. The summed E-state index contributed by atoms with van der Waals surface area (Å²) in [6.07, 6.45) is 7.28. The van der Waals surface area contributed by atoms with E-state index in [0.29, 0.717) is 5.92 Å². The van der Waals surface area contributed by atoms with Crippen molar-refractivity contribution in [2.75, 3.05) is 19.6 Å². The highest BCUT2D eigenvalue weighted by Crippen LogP contribution is 2.24. The van der Waals surface area contributed by atoms with Crippen LogP contribution in [0.4, 0.5) is 4.79 Å². The second-order valence-electron chi connectivity index (χ2n) is 6.76. The van der Waals surface area contributed by atoms with Crippen LogP contribution in [0.3, 0.4) is 0 Å². The van der Waals surface area contributed by atoms with Crippen molar-refractivity contribution >= 4 is 6.03 Å². The number of rotatable bonds is 2. The summed E-state index contributed by atoms with van der Waals surface area (Å²) in [5.74, 6) is 0.620. The molecule has 1 N–H and O–H groups in total. The first-order chi connectivity index (χ1) is 9.58. The molecule has 4 heteroatoms. The van der Waals surface area contributed by atoms with Crippen LogP contribution in [-0.2, 0) is 0 Å². The van der Waals surface area contributed by atoms with Crippen LogP contribution in [0.15, 0.2) is 0 Å². The third kappa shape index (κ3) is 4.11. The molecule has 0 radical (unpaired) electrons. The normalized spacial score (nSPS) is 29.9. The number of aliphatic hydroxyl groups is 1. The Morgan fingerprint density at radius 3 is 2.70 bits per heavy atom. The third-order valence-electron chi connectivity index (χ3n) is 4.66. The molecule has 0 saturated carbocycles. The van der Waals surface area contributed by atoms with E-state index in [0.717, 1.165) is 45.3 Å². The number of amides is 2. The van der Waals surface area contributed by atoms with Gasteiger partial charge in [0, 0.05) is 25.7 Å². The van der Waals surface area contributed by atoms with Gasteiger partial charge in [-0.15, -0.1) is 0 Å². The fourth-order valence-corrected chi connectivity index (χ4v) is 3.61. The summed E-state index contributed by atoms with van der Waals surface area (Å²) in [6, 6.07) is 0.436. The van der Waals surface area contributed by atoms with Gasteiger partial charge in [-0.25, -0.2) is 4.79 Å². The van der Waals surface area contributed by atoms with E-state index in [1.165, 1.54) is 19.3 Å². The minimum Gasteiger partial charge on any atom is -0.393 e. The Morgan fingerprint density at radius 2 is 2.00 bits per heavy atom. The summed E-state index contributed by atoms with van der Waals surface area (Å²) >= 11 is 0. The van der Waals surface area contributed by atoms with E-state index in [-0.39, 0.29) is 18.2 Å². The van der Waals surface area contributed by atoms with Gasteiger partial charge < -0.3 is 14.9 Å². The van der Waals surface area contributed by atoms with Gasteiger partial charge in [0.1, 0.15) is 0 Å². The summed E-state index contributed by atoms with van der Waals surface area (Å²) in [6.45, 7) is 6.73. The van der Waals surface area contributed by atoms with Crippen molar-refractivity contribution in [2.24, 2.45) is 5.92 Å². The van der Waals surface area contributed by atoms with Gasteiger partial charge in [0.05, 0.1) is 6.10 Å². The number of nitrogens with zero attached hydrogens (tertiary/aromatic N) is 2. The molecular weight excluding hydrogens is 252 g/mol. The van der Waals surface area contributed by atoms with Crippen LogP contribution >= 0.6 is 0 Å². The van der Waals surface area contributed by atoms with E-state index in [1.54, 1.807) is 0 Å². The van der Waals surface area contributed by atoms with Crippen LogP contribution in [0.5, 0.6) is 0 Å². The lowest BCUT2D eigenvalue weighted by Gasteiger charge is -2.38. The summed E-state index contributed by atoms with van der Waals surface area (Å²) in [7, 11) is 0. The van der Waals surface area contributed by atoms with E-state index in [4.69, 9.17) is 0 Å². The number of likely N-dealkylation sites (tertiary alicyclic amines) is 2. The first kappa shape index (κ1) is 15.6. The Balaban J connectivity index is 2.02. The number of carbonyl (C=O) groups is 1. The van der Waals surface area contributed by atoms with Crippen molar-refractivity contribution in [3.8, 4) is 0 Å². The summed E-state index contributed by atoms with van der Waals surface area (Å²) in [5, 5.41) is 9.70. The van der Waals surface area contributed by atoms with Gasteiger partial charge in [0.25, 0.3) is 0 Å². The number of urea groups is 1. The molecule has 2 fully saturated rings. The largest absolute Gasteiger partial charge is 0.393 e. The number of hydrogen-bond acceptors (Lipinski definition) is 2. The molecule has 0 bridgehead atoms. The summed E-state index contributed by atoms with van der Waals surface area (Å²) in [4.78, 5) is 16.9. The Labute approximate surface area is 123 Å². The third-order valence-corrected chi connectivity index (χ3v) is 4.66. The predicted octanol–water partition coefficient (Wildman–Crippen LogP) is 2.85. The molecule has 3 atom stereocenters. The summed E-state index contributed by atoms with van der Waals surface area (Å²) in [5.41, 5.74) is 0. The van der Waals surface area contributed by atoms with Gasteiger partial charge in [0.15, 0.2) is 0 Å². The molecule has 0 aromatic rings. The van der Waals surface area contributed by atoms with Crippen LogP contribution in [0.1, 0.15) is 58.8 Å². The fourth-order valence-electron chi connectivity index (χ4n) is 3.61. The Morgan fingerprint density at radius 1 is 1.20 bits per heavy atom. The second kappa shape index (κ2) is 7.30. The van der Waals surface area contributed by atoms with Gasteiger partial charge in [-0.3, -0.25) is 0 Å². The molecule has 2 saturated heterocycles. The summed E-state index contributed by atoms with van der Waals surface area (Å²) < 4.78 is 0. The number of carbonyl (C=O) groups excluding carboxylic acids is 1. The van der Waals surface area contributed by atoms with Crippen molar-refractivity contribution in [3.63, 3.8) is 0 Å². The molecule has 20 heavy (non-hydrogen) atoms. The molecule has 0 spiro atoms. The average molecular weight is 282 g/mol. The van der Waals surface area contributed by atoms with Crippen LogP contribution in [0.25, 0.3) is 0 Å². The molecule has 0 aliphatic carbocycles. The first-order valence-corrected chi connectivity index (χ1v) is 8.31. The van der Waals surface area contributed by atoms with Gasteiger partial charge >= 0.3 is 6.03 Å². The van der Waals surface area contributed by atoms with E-state index in [1.807, 2.05) is 11.8 Å². The lowest BCUT2D eigenvalue weighted by atomic mass is 10.0. The monoisotopic (exact) mass is 282 g/mol. The molecule has 2 rings (SSSR count). The van der Waals surface area contributed by atoms with E-state index in [2.05, 4.69) is 11.8 Å². The van der Waals surface area contributed by atoms with Crippen molar-refractivity contribution in [1.29, 1.82) is 0 Å². The minimum absolute atomic E-state index is 0.212. The smallest absolute Gasteiger partial charge is 0.320 e. The molecular formula is C16H30N2O2. The maximum atomic E-state index is 12.8. The van der Waals surface area contributed by atoms with Gasteiger partial charge in [-0.05, 0) is 44.9 Å². The molecule has 3 unspecified atom stereocenters. The Hall–Kier alpha value is -0.770. The molecule has 4 nitrogen and oxygen atoms in total. The number of hydrogen-bond donors (Lipinski definition) is 1. The highest BCUT2D eigenvalue weighted by molar-refractivity contribution is 5.75. The predicted molar refractivity (Wildman–Crippen MR) is 80.6 cm³/mol. The molecule has 2 aliphatic rings. The molecule has 2 amide bonds. The van der Waals surface area contributed by atoms with E-state index >= 15 is 0 Å². The van der Waals surface area contributed by atoms with E-state index in [9.17, 15) is 9.90 Å². The van der Waals surface area contributed by atoms with Crippen molar-refractivity contribution in [1.82, 2.24) is 9.80 Å². The molecule has 2 heterocycles.